The molecule has 0 spiro atoms. The van der Waals surface area contributed by atoms with Crippen molar-refractivity contribution in [2.24, 2.45) is 0 Å². The van der Waals surface area contributed by atoms with Crippen LogP contribution in [0.2, 0.25) is 0 Å². The predicted octanol–water partition coefficient (Wildman–Crippen LogP) is -1.08. The topological polar surface area (TPSA) is 156 Å². The second kappa shape index (κ2) is 9.16. The summed E-state index contributed by atoms with van der Waals surface area (Å²) in [6.45, 7) is -0.956. The number of carbonyl (C=O) groups excluding carboxylic acids is 2. The molecule has 0 aliphatic heterocycles. The van der Waals surface area contributed by atoms with E-state index >= 15 is 0 Å². The van der Waals surface area contributed by atoms with Gasteiger partial charge in [0.1, 0.15) is 24.4 Å². The minimum Gasteiger partial charge on any atom is -0.394 e. The summed E-state index contributed by atoms with van der Waals surface area (Å²) in [6, 6.07) is 14.4. The number of aliphatic hydroxyl groups excluding tert-OH is 5. The Balaban J connectivity index is 2.52. The summed E-state index contributed by atoms with van der Waals surface area (Å²) < 4.78 is 0. The van der Waals surface area contributed by atoms with Crippen LogP contribution >= 0.6 is 0 Å². The minimum atomic E-state index is -3.15. The van der Waals surface area contributed by atoms with E-state index in [4.69, 9.17) is 5.11 Å². The van der Waals surface area contributed by atoms with Crippen LogP contribution in [0.5, 0.6) is 0 Å². The fraction of sp³-hybridized carbons (Fsp3) is 0.300. The van der Waals surface area contributed by atoms with Crippen LogP contribution in [-0.2, 0) is 0 Å². The van der Waals surface area contributed by atoms with Crippen LogP contribution < -0.4 is 0 Å². The van der Waals surface area contributed by atoms with Crippen molar-refractivity contribution in [2.45, 2.75) is 30.0 Å². The summed E-state index contributed by atoms with van der Waals surface area (Å²) >= 11 is 0. The quantitative estimate of drug-likeness (QED) is 0.233. The third-order valence-corrected chi connectivity index (χ3v) is 4.45. The molecule has 0 heterocycles. The van der Waals surface area contributed by atoms with Gasteiger partial charge in [0.15, 0.2) is 0 Å². The normalized spacial score (nSPS) is 16.1. The summed E-state index contributed by atoms with van der Waals surface area (Å²) in [5.74, 6) is -2.39. The van der Waals surface area contributed by atoms with Gasteiger partial charge in [0.2, 0.25) is 17.2 Å². The standard InChI is InChI=1S/C20H22O8/c21-11-14(22)15(23)16(24)19(27)20(28,17(25)12-7-3-1-4-8-12)18(26)13-9-5-2-6-10-13/h1-10,14-16,19,21-24,27-28H,11H2/t14-,15-,16+,19+/m1/s1. The van der Waals surface area contributed by atoms with Crippen molar-refractivity contribution >= 4 is 11.6 Å². The molecule has 0 radical (unpaired) electrons. The summed E-state index contributed by atoms with van der Waals surface area (Å²) in [5.41, 5.74) is -3.38. The lowest BCUT2D eigenvalue weighted by Gasteiger charge is -2.35. The zero-order valence-corrected chi connectivity index (χ0v) is 14.8. The molecule has 8 heteroatoms. The van der Waals surface area contributed by atoms with Gasteiger partial charge < -0.3 is 30.6 Å². The van der Waals surface area contributed by atoms with Gasteiger partial charge in [-0.05, 0) is 0 Å². The molecular formula is C20H22O8. The van der Waals surface area contributed by atoms with E-state index < -0.39 is 48.2 Å². The van der Waals surface area contributed by atoms with E-state index in [1.807, 2.05) is 0 Å². The molecule has 0 aromatic heterocycles. The Labute approximate surface area is 160 Å². The number of aliphatic hydroxyl groups is 6. The Bertz CT molecular complexity index is 741. The maximum atomic E-state index is 13.0. The van der Waals surface area contributed by atoms with E-state index in [9.17, 15) is 35.1 Å². The van der Waals surface area contributed by atoms with Crippen molar-refractivity contribution in [2.75, 3.05) is 6.61 Å². The molecule has 0 unspecified atom stereocenters. The van der Waals surface area contributed by atoms with Crippen molar-refractivity contribution in [3.8, 4) is 0 Å². The van der Waals surface area contributed by atoms with Crippen molar-refractivity contribution in [3.05, 3.63) is 71.8 Å². The van der Waals surface area contributed by atoms with E-state index in [1.165, 1.54) is 48.5 Å². The predicted molar refractivity (Wildman–Crippen MR) is 97.6 cm³/mol. The maximum absolute atomic E-state index is 13.0. The van der Waals surface area contributed by atoms with Gasteiger partial charge in [0.05, 0.1) is 6.61 Å². The van der Waals surface area contributed by atoms with Gasteiger partial charge in [-0.1, -0.05) is 60.7 Å². The van der Waals surface area contributed by atoms with Crippen LogP contribution in [0.15, 0.2) is 60.7 Å². The number of hydrogen-bond donors (Lipinski definition) is 6. The average molecular weight is 390 g/mol. The van der Waals surface area contributed by atoms with Gasteiger partial charge in [-0.15, -0.1) is 0 Å². The fourth-order valence-corrected chi connectivity index (χ4v) is 2.76. The van der Waals surface area contributed by atoms with E-state index in [-0.39, 0.29) is 11.1 Å². The average Bonchev–Trinajstić information content (AvgIpc) is 2.76. The summed E-state index contributed by atoms with van der Waals surface area (Å²) in [7, 11) is 0. The number of rotatable bonds is 9. The number of benzene rings is 2. The molecule has 6 N–H and O–H groups in total. The molecule has 2 aromatic rings. The van der Waals surface area contributed by atoms with E-state index in [1.54, 1.807) is 12.1 Å². The molecule has 4 atom stereocenters. The van der Waals surface area contributed by atoms with Crippen molar-refractivity contribution in [3.63, 3.8) is 0 Å². The molecule has 8 nitrogen and oxygen atoms in total. The molecule has 0 aliphatic rings. The second-order valence-electron chi connectivity index (χ2n) is 6.33. The molecule has 0 aliphatic carbocycles. The Morgan fingerprint density at radius 1 is 0.750 bits per heavy atom. The molecule has 0 amide bonds. The van der Waals surface area contributed by atoms with Crippen molar-refractivity contribution in [1.29, 1.82) is 0 Å². The number of ketones is 2. The van der Waals surface area contributed by atoms with Crippen LogP contribution in [0.3, 0.4) is 0 Å². The summed E-state index contributed by atoms with van der Waals surface area (Å²) in [4.78, 5) is 25.9. The second-order valence-corrected chi connectivity index (χ2v) is 6.33. The third-order valence-electron chi connectivity index (χ3n) is 4.45. The molecule has 150 valence electrons. The fourth-order valence-electron chi connectivity index (χ4n) is 2.76. The highest BCUT2D eigenvalue weighted by molar-refractivity contribution is 6.23. The summed E-state index contributed by atoms with van der Waals surface area (Å²) in [5, 5.41) is 60.0. The largest absolute Gasteiger partial charge is 0.394 e. The van der Waals surface area contributed by atoms with Gasteiger partial charge in [0, 0.05) is 11.1 Å². The number of hydrogen-bond acceptors (Lipinski definition) is 8. The Morgan fingerprint density at radius 3 is 1.50 bits per heavy atom. The zero-order chi connectivity index (χ0) is 20.9. The first-order valence-corrected chi connectivity index (χ1v) is 8.50. The lowest BCUT2D eigenvalue weighted by Crippen LogP contribution is -2.63. The first-order chi connectivity index (χ1) is 13.2. The monoisotopic (exact) mass is 390 g/mol. The van der Waals surface area contributed by atoms with Gasteiger partial charge in [-0.25, -0.2) is 0 Å². The first kappa shape index (κ1) is 21.8. The van der Waals surface area contributed by atoms with Crippen molar-refractivity contribution in [1.82, 2.24) is 0 Å². The van der Waals surface area contributed by atoms with Gasteiger partial charge in [0.25, 0.3) is 0 Å². The number of Topliss-reactive ketones (excluding diaryl/α,β-unsaturated/α-hetero) is 2. The van der Waals surface area contributed by atoms with E-state index in [2.05, 4.69) is 0 Å². The van der Waals surface area contributed by atoms with Crippen LogP contribution in [0, 0.1) is 0 Å². The smallest absolute Gasteiger partial charge is 0.219 e. The highest BCUT2D eigenvalue weighted by Crippen LogP contribution is 2.27. The highest BCUT2D eigenvalue weighted by atomic mass is 16.4. The minimum absolute atomic E-state index is 0.113. The van der Waals surface area contributed by atoms with Gasteiger partial charge >= 0.3 is 0 Å². The maximum Gasteiger partial charge on any atom is 0.219 e. The van der Waals surface area contributed by atoms with E-state index in [0.29, 0.717) is 0 Å². The van der Waals surface area contributed by atoms with Crippen molar-refractivity contribution < 1.29 is 40.2 Å². The van der Waals surface area contributed by atoms with Gasteiger partial charge in [-0.3, -0.25) is 9.59 Å². The van der Waals surface area contributed by atoms with Crippen LogP contribution in [0.25, 0.3) is 0 Å². The van der Waals surface area contributed by atoms with Crippen LogP contribution in [0.1, 0.15) is 20.7 Å². The van der Waals surface area contributed by atoms with E-state index in [0.717, 1.165) is 0 Å². The molecular weight excluding hydrogens is 368 g/mol. The third kappa shape index (κ3) is 4.17. The molecule has 2 aromatic carbocycles. The highest BCUT2D eigenvalue weighted by Gasteiger charge is 2.54. The molecule has 28 heavy (non-hydrogen) atoms. The molecule has 0 fully saturated rings. The lowest BCUT2D eigenvalue weighted by atomic mass is 9.78. The van der Waals surface area contributed by atoms with Crippen LogP contribution in [-0.4, -0.2) is 78.8 Å². The SMILES string of the molecule is O=C(c1ccccc1)C(O)(C(=O)c1ccccc1)[C@@H](O)[C@@H](O)[C@H](O)[C@H](O)CO. The lowest BCUT2D eigenvalue weighted by molar-refractivity contribution is -0.148. The summed E-state index contributed by atoms with van der Waals surface area (Å²) in [6.07, 6.45) is -8.80. The molecule has 0 bridgehead atoms. The Hall–Kier alpha value is -2.46. The zero-order valence-electron chi connectivity index (χ0n) is 14.8. The van der Waals surface area contributed by atoms with Gasteiger partial charge in [-0.2, -0.15) is 0 Å². The number of carbonyl (C=O) groups is 2. The Kier molecular flexibility index (Phi) is 7.14. The molecule has 0 saturated carbocycles. The first-order valence-electron chi connectivity index (χ1n) is 8.50. The molecule has 0 saturated heterocycles. The van der Waals surface area contributed by atoms with Crippen LogP contribution in [0.4, 0.5) is 0 Å². The molecule has 2 rings (SSSR count). The Morgan fingerprint density at radius 2 is 1.14 bits per heavy atom.